The van der Waals surface area contributed by atoms with Gasteiger partial charge in [0.1, 0.15) is 0 Å². The lowest BCUT2D eigenvalue weighted by atomic mass is 9.80. The van der Waals surface area contributed by atoms with Gasteiger partial charge in [-0.25, -0.2) is 4.98 Å². The number of ketones is 1. The molecule has 0 N–H and O–H groups in total. The van der Waals surface area contributed by atoms with E-state index in [0.29, 0.717) is 22.9 Å². The standard InChI is InChI=1S/C18H18N4OS/c1-3-24-18-20-17-19-10-14-15(22(17)21-18)8-12(9-16(14)23)13-7-5-4-6-11(13)2/h4-7,10,12H,3,8-9H2,1-2H3. The van der Waals surface area contributed by atoms with Crippen LogP contribution in [0.25, 0.3) is 5.78 Å². The average molecular weight is 338 g/mol. The quantitative estimate of drug-likeness (QED) is 0.685. The summed E-state index contributed by atoms with van der Waals surface area (Å²) in [5.41, 5.74) is 4.08. The molecule has 0 aliphatic heterocycles. The van der Waals surface area contributed by atoms with Crippen molar-refractivity contribution in [3.8, 4) is 0 Å². The Balaban J connectivity index is 1.81. The molecular weight excluding hydrogens is 320 g/mol. The normalized spacial score (nSPS) is 17.2. The minimum atomic E-state index is 0.138. The molecule has 1 aromatic carbocycles. The summed E-state index contributed by atoms with van der Waals surface area (Å²) in [4.78, 5) is 21.4. The Morgan fingerprint density at radius 1 is 1.29 bits per heavy atom. The molecule has 0 amide bonds. The third kappa shape index (κ3) is 2.51. The number of Topliss-reactive ketones (excluding diaryl/α,β-unsaturated/α-hetero) is 1. The number of rotatable bonds is 3. The molecule has 0 spiro atoms. The molecule has 0 fully saturated rings. The van der Waals surface area contributed by atoms with Gasteiger partial charge in [0.05, 0.1) is 11.3 Å². The van der Waals surface area contributed by atoms with E-state index in [-0.39, 0.29) is 11.7 Å². The Hall–Kier alpha value is -2.21. The maximum atomic E-state index is 12.7. The molecule has 1 unspecified atom stereocenters. The lowest BCUT2D eigenvalue weighted by Gasteiger charge is -2.25. The summed E-state index contributed by atoms with van der Waals surface area (Å²) in [5.74, 6) is 1.80. The highest BCUT2D eigenvalue weighted by Crippen LogP contribution is 2.34. The number of carbonyl (C=O) groups excluding carboxylic acids is 1. The summed E-state index contributed by atoms with van der Waals surface area (Å²) in [6, 6.07) is 8.29. The summed E-state index contributed by atoms with van der Waals surface area (Å²) in [5, 5.41) is 5.27. The fourth-order valence-electron chi connectivity index (χ4n) is 3.38. The van der Waals surface area contributed by atoms with Gasteiger partial charge in [0.2, 0.25) is 5.16 Å². The fourth-order valence-corrected chi connectivity index (χ4v) is 3.93. The second-order valence-electron chi connectivity index (χ2n) is 6.04. The highest BCUT2D eigenvalue weighted by atomic mass is 32.2. The molecule has 0 radical (unpaired) electrons. The SMILES string of the molecule is CCSc1nc2ncc3c(n2n1)CC(c1ccccc1C)CC3=O. The molecule has 0 saturated heterocycles. The van der Waals surface area contributed by atoms with Crippen molar-refractivity contribution in [1.29, 1.82) is 0 Å². The van der Waals surface area contributed by atoms with Gasteiger partial charge in [-0.15, -0.1) is 5.10 Å². The van der Waals surface area contributed by atoms with E-state index < -0.39 is 0 Å². The van der Waals surface area contributed by atoms with Crippen molar-refractivity contribution in [3.05, 3.63) is 52.8 Å². The fraction of sp³-hybridized carbons (Fsp3) is 0.333. The lowest BCUT2D eigenvalue weighted by molar-refractivity contribution is 0.0962. The summed E-state index contributed by atoms with van der Waals surface area (Å²) < 4.78 is 1.76. The van der Waals surface area contributed by atoms with Gasteiger partial charge in [-0.3, -0.25) is 4.79 Å². The first kappa shape index (κ1) is 15.3. The van der Waals surface area contributed by atoms with Crippen molar-refractivity contribution in [2.24, 2.45) is 0 Å². The van der Waals surface area contributed by atoms with Gasteiger partial charge in [0, 0.05) is 12.6 Å². The number of nitrogens with zero attached hydrogens (tertiary/aromatic N) is 4. The number of aromatic nitrogens is 4. The van der Waals surface area contributed by atoms with Crippen LogP contribution in [0.5, 0.6) is 0 Å². The summed E-state index contributed by atoms with van der Waals surface area (Å²) in [6.07, 6.45) is 2.97. The van der Waals surface area contributed by atoms with Crippen molar-refractivity contribution < 1.29 is 4.79 Å². The number of thioether (sulfide) groups is 1. The van der Waals surface area contributed by atoms with E-state index in [1.165, 1.54) is 11.1 Å². The Bertz CT molecular complexity index is 934. The Morgan fingerprint density at radius 3 is 2.92 bits per heavy atom. The largest absolute Gasteiger partial charge is 0.294 e. The van der Waals surface area contributed by atoms with Gasteiger partial charge in [-0.05, 0) is 36.1 Å². The third-order valence-corrected chi connectivity index (χ3v) is 5.24. The van der Waals surface area contributed by atoms with Gasteiger partial charge in [0.15, 0.2) is 5.78 Å². The molecular formula is C18H18N4OS. The first-order valence-electron chi connectivity index (χ1n) is 8.13. The Labute approximate surface area is 144 Å². The van der Waals surface area contributed by atoms with Crippen LogP contribution >= 0.6 is 11.8 Å². The van der Waals surface area contributed by atoms with Crippen LogP contribution in [0.15, 0.2) is 35.6 Å². The molecule has 24 heavy (non-hydrogen) atoms. The molecule has 1 atom stereocenters. The van der Waals surface area contributed by atoms with Crippen molar-refractivity contribution in [3.63, 3.8) is 0 Å². The predicted molar refractivity (Wildman–Crippen MR) is 93.8 cm³/mol. The molecule has 0 bridgehead atoms. The zero-order chi connectivity index (χ0) is 16.7. The average Bonchev–Trinajstić information content (AvgIpc) is 2.98. The Morgan fingerprint density at radius 2 is 2.12 bits per heavy atom. The molecule has 2 aromatic heterocycles. The molecule has 2 heterocycles. The van der Waals surface area contributed by atoms with Crippen molar-refractivity contribution in [2.75, 3.05) is 5.75 Å². The van der Waals surface area contributed by atoms with Gasteiger partial charge >= 0.3 is 0 Å². The van der Waals surface area contributed by atoms with Crippen molar-refractivity contribution in [1.82, 2.24) is 19.6 Å². The van der Waals surface area contributed by atoms with Crippen molar-refractivity contribution in [2.45, 2.75) is 37.8 Å². The van der Waals surface area contributed by atoms with E-state index in [1.54, 1.807) is 22.5 Å². The second-order valence-corrected chi connectivity index (χ2v) is 7.27. The molecule has 122 valence electrons. The maximum Gasteiger partial charge on any atom is 0.253 e. The smallest absolute Gasteiger partial charge is 0.253 e. The highest BCUT2D eigenvalue weighted by molar-refractivity contribution is 7.99. The molecule has 4 rings (SSSR count). The van der Waals surface area contributed by atoms with E-state index in [0.717, 1.165) is 17.9 Å². The van der Waals surface area contributed by atoms with Gasteiger partial charge in [-0.2, -0.15) is 9.50 Å². The maximum absolute atomic E-state index is 12.7. The van der Waals surface area contributed by atoms with Crippen LogP contribution in [0.1, 0.15) is 46.4 Å². The number of hydrogen-bond acceptors (Lipinski definition) is 5. The zero-order valence-electron chi connectivity index (χ0n) is 13.7. The van der Waals surface area contributed by atoms with Crippen molar-refractivity contribution >= 4 is 23.3 Å². The molecule has 3 aromatic rings. The summed E-state index contributed by atoms with van der Waals surface area (Å²) >= 11 is 1.58. The van der Waals surface area contributed by atoms with Gasteiger partial charge in [-0.1, -0.05) is 43.0 Å². The first-order valence-corrected chi connectivity index (χ1v) is 9.12. The van der Waals surface area contributed by atoms with E-state index in [2.05, 4.69) is 41.0 Å². The van der Waals surface area contributed by atoms with E-state index in [4.69, 9.17) is 0 Å². The molecule has 5 nitrogen and oxygen atoms in total. The molecule has 6 heteroatoms. The van der Waals surface area contributed by atoms with Crippen LogP contribution in [-0.4, -0.2) is 31.1 Å². The van der Waals surface area contributed by atoms with Crippen LogP contribution in [0, 0.1) is 6.92 Å². The van der Waals surface area contributed by atoms with E-state index >= 15 is 0 Å². The topological polar surface area (TPSA) is 60.1 Å². The van der Waals surface area contributed by atoms with Crippen LogP contribution in [0.2, 0.25) is 0 Å². The number of aryl methyl sites for hydroxylation is 1. The summed E-state index contributed by atoms with van der Waals surface area (Å²) in [7, 11) is 0. The molecule has 0 saturated carbocycles. The first-order chi connectivity index (χ1) is 11.7. The number of carbonyl (C=O) groups is 1. The summed E-state index contributed by atoms with van der Waals surface area (Å²) in [6.45, 7) is 4.17. The molecule has 1 aliphatic carbocycles. The number of hydrogen-bond donors (Lipinski definition) is 0. The Kier molecular flexibility index (Phi) is 3.84. The minimum Gasteiger partial charge on any atom is -0.294 e. The zero-order valence-corrected chi connectivity index (χ0v) is 14.5. The molecule has 1 aliphatic rings. The van der Waals surface area contributed by atoms with Crippen LogP contribution < -0.4 is 0 Å². The minimum absolute atomic E-state index is 0.138. The third-order valence-electron chi connectivity index (χ3n) is 4.52. The highest BCUT2D eigenvalue weighted by Gasteiger charge is 2.30. The number of benzene rings is 1. The van der Waals surface area contributed by atoms with Crippen LogP contribution in [0.3, 0.4) is 0 Å². The second kappa shape index (κ2) is 6.02. The van der Waals surface area contributed by atoms with Crippen LogP contribution in [-0.2, 0) is 6.42 Å². The van der Waals surface area contributed by atoms with E-state index in [9.17, 15) is 4.79 Å². The van der Waals surface area contributed by atoms with Gasteiger partial charge < -0.3 is 0 Å². The predicted octanol–water partition coefficient (Wildman–Crippen LogP) is 3.46. The van der Waals surface area contributed by atoms with E-state index in [1.807, 2.05) is 12.1 Å². The monoisotopic (exact) mass is 338 g/mol. The van der Waals surface area contributed by atoms with Crippen LogP contribution in [0.4, 0.5) is 0 Å². The number of fused-ring (bicyclic) bond motifs is 3. The van der Waals surface area contributed by atoms with Gasteiger partial charge in [0.25, 0.3) is 5.78 Å². The lowest BCUT2D eigenvalue weighted by Crippen LogP contribution is -2.23.